The molecule has 0 saturated heterocycles. The highest BCUT2D eigenvalue weighted by Gasteiger charge is 2.20. The molecule has 1 aromatic heterocycles. The first-order valence-corrected chi connectivity index (χ1v) is 7.51. The van der Waals surface area contributed by atoms with Gasteiger partial charge in [-0.15, -0.1) is 0 Å². The first kappa shape index (κ1) is 14.2. The third-order valence-electron chi connectivity index (χ3n) is 2.46. The molecule has 0 aliphatic heterocycles. The second kappa shape index (κ2) is 5.03. The Morgan fingerprint density at radius 3 is 2.53 bits per heavy atom. The smallest absolute Gasteiger partial charge is 0.264 e. The standard InChI is InChI=1S/C11H11Cl2N3O2S/c1-7-5-10(9(13)6-8(7)12)19(17,18)15-11-3-4-16(2)14-11/h3-6H,1-2H3,(H,14,15). The summed E-state index contributed by atoms with van der Waals surface area (Å²) >= 11 is 11.8. The molecule has 8 heteroatoms. The first-order chi connectivity index (χ1) is 8.79. The van der Waals surface area contributed by atoms with E-state index in [0.717, 1.165) is 0 Å². The summed E-state index contributed by atoms with van der Waals surface area (Å²) in [7, 11) is -2.09. The van der Waals surface area contributed by atoms with Gasteiger partial charge < -0.3 is 0 Å². The largest absolute Gasteiger partial charge is 0.274 e. The summed E-state index contributed by atoms with van der Waals surface area (Å²) in [5.74, 6) is 0.228. The highest BCUT2D eigenvalue weighted by molar-refractivity contribution is 7.92. The number of nitrogens with one attached hydrogen (secondary N) is 1. The molecule has 0 bridgehead atoms. The number of benzene rings is 1. The molecular formula is C11H11Cl2N3O2S. The lowest BCUT2D eigenvalue weighted by molar-refractivity contribution is 0.601. The minimum Gasteiger partial charge on any atom is -0.274 e. The number of aromatic nitrogens is 2. The van der Waals surface area contributed by atoms with Crippen molar-refractivity contribution in [2.24, 2.45) is 7.05 Å². The van der Waals surface area contributed by atoms with Gasteiger partial charge in [0, 0.05) is 24.3 Å². The molecule has 0 unspecified atom stereocenters. The second-order valence-electron chi connectivity index (χ2n) is 4.01. The van der Waals surface area contributed by atoms with Crippen molar-refractivity contribution in [1.82, 2.24) is 9.78 Å². The van der Waals surface area contributed by atoms with Crippen LogP contribution in [0.25, 0.3) is 0 Å². The van der Waals surface area contributed by atoms with Crippen molar-refractivity contribution in [3.05, 3.63) is 40.0 Å². The van der Waals surface area contributed by atoms with Gasteiger partial charge in [0.05, 0.1) is 5.02 Å². The van der Waals surface area contributed by atoms with Gasteiger partial charge in [-0.25, -0.2) is 8.42 Å². The maximum Gasteiger partial charge on any atom is 0.264 e. The molecule has 2 rings (SSSR count). The Balaban J connectivity index is 2.42. The quantitative estimate of drug-likeness (QED) is 0.946. The minimum atomic E-state index is -3.79. The van der Waals surface area contributed by atoms with E-state index in [4.69, 9.17) is 23.2 Å². The summed E-state index contributed by atoms with van der Waals surface area (Å²) in [5.41, 5.74) is 0.632. The molecule has 5 nitrogen and oxygen atoms in total. The molecule has 0 aliphatic carbocycles. The molecule has 1 N–H and O–H groups in total. The average molecular weight is 320 g/mol. The molecular weight excluding hydrogens is 309 g/mol. The number of aryl methyl sites for hydroxylation is 2. The Morgan fingerprint density at radius 1 is 1.26 bits per heavy atom. The Labute approximate surface area is 121 Å². The Morgan fingerprint density at radius 2 is 1.95 bits per heavy atom. The van der Waals surface area contributed by atoms with E-state index in [-0.39, 0.29) is 15.7 Å². The summed E-state index contributed by atoms with van der Waals surface area (Å²) in [6.07, 6.45) is 1.63. The van der Waals surface area contributed by atoms with E-state index in [1.807, 2.05) is 0 Å². The highest BCUT2D eigenvalue weighted by Crippen LogP contribution is 2.29. The molecule has 102 valence electrons. The van der Waals surface area contributed by atoms with Gasteiger partial charge in [-0.1, -0.05) is 23.2 Å². The third kappa shape index (κ3) is 3.02. The van der Waals surface area contributed by atoms with Crippen molar-refractivity contribution >= 4 is 39.0 Å². The van der Waals surface area contributed by atoms with E-state index in [9.17, 15) is 8.42 Å². The maximum absolute atomic E-state index is 12.2. The number of hydrogen-bond acceptors (Lipinski definition) is 3. The minimum absolute atomic E-state index is 0.0262. The fourth-order valence-electron chi connectivity index (χ4n) is 1.50. The van der Waals surface area contributed by atoms with Crippen LogP contribution in [0.2, 0.25) is 10.0 Å². The molecule has 0 aliphatic rings. The van der Waals surface area contributed by atoms with Crippen molar-refractivity contribution in [1.29, 1.82) is 0 Å². The zero-order valence-electron chi connectivity index (χ0n) is 10.2. The van der Waals surface area contributed by atoms with E-state index in [1.165, 1.54) is 16.8 Å². The fourth-order valence-corrected chi connectivity index (χ4v) is 3.33. The van der Waals surface area contributed by atoms with E-state index >= 15 is 0 Å². The number of nitrogens with zero attached hydrogens (tertiary/aromatic N) is 2. The molecule has 0 atom stereocenters. The number of halogens is 2. The van der Waals surface area contributed by atoms with Gasteiger partial charge in [0.2, 0.25) is 0 Å². The number of hydrogen-bond donors (Lipinski definition) is 1. The van der Waals surface area contributed by atoms with Crippen molar-refractivity contribution in [3.63, 3.8) is 0 Å². The summed E-state index contributed by atoms with van der Waals surface area (Å²) in [6, 6.07) is 4.38. The Kier molecular flexibility index (Phi) is 3.75. The zero-order chi connectivity index (χ0) is 14.2. The van der Waals surface area contributed by atoms with Crippen LogP contribution >= 0.6 is 23.2 Å². The number of rotatable bonds is 3. The molecule has 0 spiro atoms. The summed E-state index contributed by atoms with van der Waals surface area (Å²) in [5, 5.41) is 4.44. The van der Waals surface area contributed by atoms with Crippen LogP contribution in [-0.2, 0) is 17.1 Å². The first-order valence-electron chi connectivity index (χ1n) is 5.28. The summed E-state index contributed by atoms with van der Waals surface area (Å²) in [6.45, 7) is 1.71. The van der Waals surface area contributed by atoms with E-state index in [0.29, 0.717) is 10.6 Å². The fraction of sp³-hybridized carbons (Fsp3) is 0.182. The monoisotopic (exact) mass is 319 g/mol. The molecule has 19 heavy (non-hydrogen) atoms. The van der Waals surface area contributed by atoms with Crippen LogP contribution in [0.15, 0.2) is 29.3 Å². The van der Waals surface area contributed by atoms with E-state index in [1.54, 1.807) is 26.2 Å². The van der Waals surface area contributed by atoms with Gasteiger partial charge in [-0.2, -0.15) is 5.10 Å². The predicted octanol–water partition coefficient (Wildman–Crippen LogP) is 2.84. The van der Waals surface area contributed by atoms with Gasteiger partial charge in [0.15, 0.2) is 5.82 Å². The van der Waals surface area contributed by atoms with Gasteiger partial charge in [-0.3, -0.25) is 9.40 Å². The van der Waals surface area contributed by atoms with Crippen LogP contribution in [0.5, 0.6) is 0 Å². The Hall–Kier alpha value is -1.24. The molecule has 2 aromatic rings. The van der Waals surface area contributed by atoms with Gasteiger partial charge >= 0.3 is 0 Å². The van der Waals surface area contributed by atoms with Crippen LogP contribution < -0.4 is 4.72 Å². The maximum atomic E-state index is 12.2. The molecule has 0 amide bonds. The van der Waals surface area contributed by atoms with Crippen LogP contribution in [0.1, 0.15) is 5.56 Å². The molecule has 0 radical (unpaired) electrons. The topological polar surface area (TPSA) is 64.0 Å². The highest BCUT2D eigenvalue weighted by atomic mass is 35.5. The van der Waals surface area contributed by atoms with Crippen LogP contribution in [-0.4, -0.2) is 18.2 Å². The second-order valence-corrected chi connectivity index (χ2v) is 6.48. The SMILES string of the molecule is Cc1cc(S(=O)(=O)Nc2ccn(C)n2)c(Cl)cc1Cl. The van der Waals surface area contributed by atoms with Crippen molar-refractivity contribution in [2.75, 3.05) is 4.72 Å². The summed E-state index contributed by atoms with van der Waals surface area (Å²) < 4.78 is 28.3. The van der Waals surface area contributed by atoms with Crippen LogP contribution in [0.4, 0.5) is 5.82 Å². The zero-order valence-corrected chi connectivity index (χ0v) is 12.5. The average Bonchev–Trinajstić information content (AvgIpc) is 2.68. The van der Waals surface area contributed by atoms with E-state index in [2.05, 4.69) is 9.82 Å². The molecule has 0 fully saturated rings. The van der Waals surface area contributed by atoms with Crippen LogP contribution in [0.3, 0.4) is 0 Å². The number of anilines is 1. The third-order valence-corrected chi connectivity index (χ3v) is 4.68. The number of sulfonamides is 1. The predicted molar refractivity (Wildman–Crippen MR) is 75.2 cm³/mol. The lowest BCUT2D eigenvalue weighted by atomic mass is 10.2. The lowest BCUT2D eigenvalue weighted by Crippen LogP contribution is -2.14. The van der Waals surface area contributed by atoms with E-state index < -0.39 is 10.0 Å². The molecule has 1 aromatic carbocycles. The molecule has 1 heterocycles. The van der Waals surface area contributed by atoms with Crippen molar-refractivity contribution < 1.29 is 8.42 Å². The Bertz CT molecular complexity index is 726. The van der Waals surface area contributed by atoms with Crippen LogP contribution in [0, 0.1) is 6.92 Å². The van der Waals surface area contributed by atoms with Gasteiger partial charge in [-0.05, 0) is 24.6 Å². The normalized spacial score (nSPS) is 11.6. The van der Waals surface area contributed by atoms with Gasteiger partial charge in [0.25, 0.3) is 10.0 Å². The molecule has 0 saturated carbocycles. The van der Waals surface area contributed by atoms with Crippen molar-refractivity contribution in [2.45, 2.75) is 11.8 Å². The van der Waals surface area contributed by atoms with Gasteiger partial charge in [0.1, 0.15) is 4.90 Å². The lowest BCUT2D eigenvalue weighted by Gasteiger charge is -2.09. The summed E-state index contributed by atoms with van der Waals surface area (Å²) in [4.78, 5) is -0.0262. The van der Waals surface area contributed by atoms with Crippen molar-refractivity contribution in [3.8, 4) is 0 Å².